The molecule has 0 saturated heterocycles. The molecule has 21 heavy (non-hydrogen) atoms. The largest absolute Gasteiger partial charge is 0.493 e. The van der Waals surface area contributed by atoms with E-state index in [2.05, 4.69) is 40.2 Å². The van der Waals surface area contributed by atoms with E-state index in [0.717, 1.165) is 24.3 Å². The highest BCUT2D eigenvalue weighted by atomic mass is 79.9. The quantitative estimate of drug-likeness (QED) is 0.725. The second-order valence-electron chi connectivity index (χ2n) is 5.35. The molecule has 0 heterocycles. The molecule has 2 nitrogen and oxygen atoms in total. The molecule has 0 aromatic heterocycles. The SMILES string of the molecule is COc1ccccc1OCCC1Cc2ccccc2C1Br. The predicted molar refractivity (Wildman–Crippen MR) is 88.4 cm³/mol. The zero-order valence-electron chi connectivity index (χ0n) is 12.1. The molecule has 110 valence electrons. The third kappa shape index (κ3) is 3.08. The summed E-state index contributed by atoms with van der Waals surface area (Å²) >= 11 is 3.84. The molecule has 0 saturated carbocycles. The Labute approximate surface area is 134 Å². The summed E-state index contributed by atoms with van der Waals surface area (Å²) in [5, 5.41) is 0. The topological polar surface area (TPSA) is 18.5 Å². The van der Waals surface area contributed by atoms with Crippen LogP contribution in [-0.4, -0.2) is 13.7 Å². The van der Waals surface area contributed by atoms with Gasteiger partial charge in [-0.3, -0.25) is 0 Å². The van der Waals surface area contributed by atoms with E-state index in [1.807, 2.05) is 24.3 Å². The van der Waals surface area contributed by atoms with Crippen molar-refractivity contribution in [2.75, 3.05) is 13.7 Å². The van der Waals surface area contributed by atoms with Gasteiger partial charge in [0.1, 0.15) is 0 Å². The van der Waals surface area contributed by atoms with Crippen LogP contribution in [-0.2, 0) is 6.42 Å². The van der Waals surface area contributed by atoms with Gasteiger partial charge in [-0.2, -0.15) is 0 Å². The minimum Gasteiger partial charge on any atom is -0.493 e. The Morgan fingerprint density at radius 3 is 2.52 bits per heavy atom. The van der Waals surface area contributed by atoms with Crippen LogP contribution in [0.4, 0.5) is 0 Å². The van der Waals surface area contributed by atoms with Crippen LogP contribution in [0.25, 0.3) is 0 Å². The van der Waals surface area contributed by atoms with E-state index in [-0.39, 0.29) is 0 Å². The standard InChI is InChI=1S/C18H19BrO2/c1-20-16-8-4-5-9-17(16)21-11-10-14-12-13-6-2-3-7-15(13)18(14)19/h2-9,14,18H,10-12H2,1H3. The molecule has 0 radical (unpaired) electrons. The first kappa shape index (κ1) is 14.5. The van der Waals surface area contributed by atoms with Crippen molar-refractivity contribution in [2.45, 2.75) is 17.7 Å². The van der Waals surface area contributed by atoms with Gasteiger partial charge in [-0.05, 0) is 42.0 Å². The summed E-state index contributed by atoms with van der Waals surface area (Å²) in [7, 11) is 1.67. The van der Waals surface area contributed by atoms with Gasteiger partial charge in [0.25, 0.3) is 0 Å². The van der Waals surface area contributed by atoms with Gasteiger partial charge in [0.05, 0.1) is 13.7 Å². The summed E-state index contributed by atoms with van der Waals surface area (Å²) in [6.45, 7) is 0.709. The molecule has 2 atom stereocenters. The molecule has 0 N–H and O–H groups in total. The Morgan fingerprint density at radius 1 is 1.05 bits per heavy atom. The molecule has 0 fully saturated rings. The third-order valence-electron chi connectivity index (χ3n) is 4.06. The second kappa shape index (κ2) is 6.52. The Balaban J connectivity index is 1.58. The maximum atomic E-state index is 5.89. The Morgan fingerprint density at radius 2 is 1.76 bits per heavy atom. The van der Waals surface area contributed by atoms with E-state index >= 15 is 0 Å². The summed E-state index contributed by atoms with van der Waals surface area (Å²) in [4.78, 5) is 0.440. The lowest BCUT2D eigenvalue weighted by Crippen LogP contribution is -2.09. The molecule has 0 spiro atoms. The highest BCUT2D eigenvalue weighted by Gasteiger charge is 2.29. The Hall–Kier alpha value is -1.48. The first-order valence-electron chi connectivity index (χ1n) is 7.27. The Bertz CT molecular complexity index is 612. The average Bonchev–Trinajstić information content (AvgIpc) is 2.85. The lowest BCUT2D eigenvalue weighted by molar-refractivity contribution is 0.265. The summed E-state index contributed by atoms with van der Waals surface area (Å²) in [6.07, 6.45) is 2.16. The van der Waals surface area contributed by atoms with Gasteiger partial charge in [-0.1, -0.05) is 52.3 Å². The molecule has 0 amide bonds. The number of rotatable bonds is 5. The number of methoxy groups -OCH3 is 1. The highest BCUT2D eigenvalue weighted by Crippen LogP contribution is 2.43. The second-order valence-corrected chi connectivity index (χ2v) is 6.34. The summed E-state index contributed by atoms with van der Waals surface area (Å²) < 4.78 is 11.2. The third-order valence-corrected chi connectivity index (χ3v) is 5.30. The van der Waals surface area contributed by atoms with Crippen LogP contribution in [0.5, 0.6) is 11.5 Å². The van der Waals surface area contributed by atoms with Crippen LogP contribution in [0.1, 0.15) is 22.4 Å². The summed E-state index contributed by atoms with van der Waals surface area (Å²) in [5.41, 5.74) is 2.89. The van der Waals surface area contributed by atoms with Crippen LogP contribution in [0.3, 0.4) is 0 Å². The summed E-state index contributed by atoms with van der Waals surface area (Å²) in [5.74, 6) is 2.21. The number of para-hydroxylation sites is 2. The first-order valence-corrected chi connectivity index (χ1v) is 8.19. The molecule has 1 aliphatic carbocycles. The van der Waals surface area contributed by atoms with Gasteiger partial charge < -0.3 is 9.47 Å². The van der Waals surface area contributed by atoms with Crippen molar-refractivity contribution < 1.29 is 9.47 Å². The van der Waals surface area contributed by atoms with E-state index in [4.69, 9.17) is 9.47 Å². The minimum atomic E-state index is 0.440. The fourth-order valence-electron chi connectivity index (χ4n) is 2.94. The van der Waals surface area contributed by atoms with Crippen LogP contribution in [0.2, 0.25) is 0 Å². The lowest BCUT2D eigenvalue weighted by atomic mass is 10.0. The van der Waals surface area contributed by atoms with E-state index < -0.39 is 0 Å². The number of ether oxygens (including phenoxy) is 2. The van der Waals surface area contributed by atoms with Crippen molar-refractivity contribution in [1.29, 1.82) is 0 Å². The number of alkyl halides is 1. The van der Waals surface area contributed by atoms with Crippen molar-refractivity contribution in [1.82, 2.24) is 0 Å². The number of fused-ring (bicyclic) bond motifs is 1. The maximum absolute atomic E-state index is 5.89. The van der Waals surface area contributed by atoms with Gasteiger partial charge in [-0.25, -0.2) is 0 Å². The normalized spacial score (nSPS) is 20.1. The van der Waals surface area contributed by atoms with Gasteiger partial charge >= 0.3 is 0 Å². The van der Waals surface area contributed by atoms with Crippen LogP contribution in [0.15, 0.2) is 48.5 Å². The van der Waals surface area contributed by atoms with Crippen molar-refractivity contribution in [3.05, 3.63) is 59.7 Å². The van der Waals surface area contributed by atoms with Gasteiger partial charge in [-0.15, -0.1) is 0 Å². The minimum absolute atomic E-state index is 0.440. The van der Waals surface area contributed by atoms with Crippen molar-refractivity contribution >= 4 is 15.9 Å². The monoisotopic (exact) mass is 346 g/mol. The number of halogens is 1. The number of hydrogen-bond donors (Lipinski definition) is 0. The number of benzene rings is 2. The molecule has 2 aromatic carbocycles. The van der Waals surface area contributed by atoms with Crippen LogP contribution >= 0.6 is 15.9 Å². The van der Waals surface area contributed by atoms with Gasteiger partial charge in [0.2, 0.25) is 0 Å². The molecule has 3 rings (SSSR count). The lowest BCUT2D eigenvalue weighted by Gasteiger charge is -2.16. The van der Waals surface area contributed by atoms with E-state index in [0.29, 0.717) is 17.4 Å². The first-order chi connectivity index (χ1) is 10.3. The fraction of sp³-hybridized carbons (Fsp3) is 0.333. The van der Waals surface area contributed by atoms with E-state index in [1.54, 1.807) is 7.11 Å². The molecule has 0 aliphatic heterocycles. The molecular formula is C18H19BrO2. The van der Waals surface area contributed by atoms with Crippen molar-refractivity contribution in [3.63, 3.8) is 0 Å². The van der Waals surface area contributed by atoms with Crippen molar-refractivity contribution in [3.8, 4) is 11.5 Å². The van der Waals surface area contributed by atoms with Crippen molar-refractivity contribution in [2.24, 2.45) is 5.92 Å². The molecule has 2 unspecified atom stereocenters. The van der Waals surface area contributed by atoms with Crippen LogP contribution in [0, 0.1) is 5.92 Å². The molecule has 0 bridgehead atoms. The maximum Gasteiger partial charge on any atom is 0.161 e. The highest BCUT2D eigenvalue weighted by molar-refractivity contribution is 9.09. The van der Waals surface area contributed by atoms with Gasteiger partial charge in [0.15, 0.2) is 11.5 Å². The Kier molecular flexibility index (Phi) is 4.49. The smallest absolute Gasteiger partial charge is 0.161 e. The summed E-state index contributed by atoms with van der Waals surface area (Å²) in [6, 6.07) is 16.5. The molecule has 2 aromatic rings. The van der Waals surface area contributed by atoms with Gasteiger partial charge in [0, 0.05) is 4.83 Å². The predicted octanol–water partition coefficient (Wildman–Crippen LogP) is 4.77. The average molecular weight is 347 g/mol. The molecular weight excluding hydrogens is 328 g/mol. The fourth-order valence-corrected chi connectivity index (χ4v) is 3.83. The number of hydrogen-bond acceptors (Lipinski definition) is 2. The van der Waals surface area contributed by atoms with Crippen LogP contribution < -0.4 is 9.47 Å². The zero-order chi connectivity index (χ0) is 14.7. The molecule has 1 aliphatic rings. The van der Waals surface area contributed by atoms with E-state index in [9.17, 15) is 0 Å². The zero-order valence-corrected chi connectivity index (χ0v) is 13.7. The molecule has 3 heteroatoms. The van der Waals surface area contributed by atoms with E-state index in [1.165, 1.54) is 11.1 Å².